The van der Waals surface area contributed by atoms with Gasteiger partial charge in [0.2, 0.25) is 21.8 Å². The van der Waals surface area contributed by atoms with Crippen LogP contribution >= 0.6 is 11.6 Å². The third-order valence-electron chi connectivity index (χ3n) is 6.40. The summed E-state index contributed by atoms with van der Waals surface area (Å²) in [5.41, 5.74) is 1.71. The minimum Gasteiger partial charge on any atom is -0.497 e. The molecule has 0 fully saturated rings. The van der Waals surface area contributed by atoms with Crippen LogP contribution in [0.4, 0.5) is 5.69 Å². The number of nitrogens with one attached hydrogen (secondary N) is 1. The first-order chi connectivity index (χ1) is 19.6. The molecule has 0 spiro atoms. The Hall–Kier alpha value is -3.76. The van der Waals surface area contributed by atoms with Gasteiger partial charge in [0.1, 0.15) is 24.1 Å². The predicted octanol–water partition coefficient (Wildman–Crippen LogP) is 4.29. The maximum absolute atomic E-state index is 14.1. The normalized spacial score (nSPS) is 11.8. The summed E-state index contributed by atoms with van der Waals surface area (Å²) in [4.78, 5) is 29.1. The molecule has 0 aromatic heterocycles. The third-order valence-corrected chi connectivity index (χ3v) is 7.76. The number of hydrogen-bond acceptors (Lipinski definition) is 6. The van der Waals surface area contributed by atoms with Crippen LogP contribution in [0.3, 0.4) is 0 Å². The van der Waals surface area contributed by atoms with E-state index in [1.165, 1.54) is 31.3 Å². The number of ether oxygens (including phenoxy) is 2. The molecule has 1 N–H and O–H groups in total. The molecule has 0 unspecified atom stereocenters. The molecule has 41 heavy (non-hydrogen) atoms. The van der Waals surface area contributed by atoms with Crippen LogP contribution in [-0.2, 0) is 32.6 Å². The lowest BCUT2D eigenvalue weighted by Gasteiger charge is -2.33. The van der Waals surface area contributed by atoms with Crippen molar-refractivity contribution in [1.82, 2.24) is 10.2 Å². The van der Waals surface area contributed by atoms with E-state index in [2.05, 4.69) is 5.32 Å². The number of methoxy groups -OCH3 is 2. The van der Waals surface area contributed by atoms with E-state index in [0.717, 1.165) is 16.1 Å². The Labute approximate surface area is 247 Å². The van der Waals surface area contributed by atoms with Gasteiger partial charge in [0, 0.05) is 30.6 Å². The fourth-order valence-corrected chi connectivity index (χ4v) is 5.40. The van der Waals surface area contributed by atoms with Crippen LogP contribution < -0.4 is 19.1 Å². The van der Waals surface area contributed by atoms with Gasteiger partial charge in [-0.2, -0.15) is 0 Å². The number of rotatable bonds is 14. The maximum Gasteiger partial charge on any atom is 0.244 e. The van der Waals surface area contributed by atoms with Crippen molar-refractivity contribution < 1.29 is 27.5 Å². The second-order valence-electron chi connectivity index (χ2n) is 9.46. The van der Waals surface area contributed by atoms with Crippen molar-refractivity contribution in [3.05, 3.63) is 88.9 Å². The number of anilines is 1. The number of sulfonamides is 1. The summed E-state index contributed by atoms with van der Waals surface area (Å²) < 4.78 is 37.7. The summed E-state index contributed by atoms with van der Waals surface area (Å²) in [6.45, 7) is 1.84. The van der Waals surface area contributed by atoms with Crippen molar-refractivity contribution in [3.8, 4) is 11.5 Å². The number of benzene rings is 3. The maximum atomic E-state index is 14.1. The Morgan fingerprint density at radius 3 is 2.27 bits per heavy atom. The van der Waals surface area contributed by atoms with Crippen LogP contribution in [-0.4, -0.2) is 64.7 Å². The van der Waals surface area contributed by atoms with Crippen LogP contribution in [0.2, 0.25) is 5.02 Å². The van der Waals surface area contributed by atoms with E-state index in [-0.39, 0.29) is 30.3 Å². The molecular weight excluding hydrogens is 566 g/mol. The van der Waals surface area contributed by atoms with Crippen molar-refractivity contribution in [3.63, 3.8) is 0 Å². The molecule has 11 heteroatoms. The Balaban J connectivity index is 2.08. The Kier molecular flexibility index (Phi) is 11.4. The summed E-state index contributed by atoms with van der Waals surface area (Å²) in [5.74, 6) is -0.228. The molecule has 0 saturated heterocycles. The lowest BCUT2D eigenvalue weighted by Crippen LogP contribution is -2.53. The minimum atomic E-state index is -3.95. The zero-order chi connectivity index (χ0) is 30.0. The van der Waals surface area contributed by atoms with Gasteiger partial charge < -0.3 is 19.7 Å². The fraction of sp³-hybridized carbons (Fsp3) is 0.333. The molecule has 0 heterocycles. The SMILES string of the molecule is CCCNC(=O)[C@@H](Cc1ccccc1)N(Cc1cccc(Cl)c1)C(=O)CN(c1ccc(OC)cc1OC)S(C)(=O)=O. The molecule has 220 valence electrons. The second kappa shape index (κ2) is 14.7. The largest absolute Gasteiger partial charge is 0.497 e. The van der Waals surface area contributed by atoms with Crippen LogP contribution in [0, 0.1) is 0 Å². The summed E-state index contributed by atoms with van der Waals surface area (Å²) >= 11 is 6.24. The highest BCUT2D eigenvalue weighted by Crippen LogP contribution is 2.34. The second-order valence-corrected chi connectivity index (χ2v) is 11.8. The Morgan fingerprint density at radius 1 is 0.951 bits per heavy atom. The highest BCUT2D eigenvalue weighted by Gasteiger charge is 2.33. The molecule has 0 radical (unpaired) electrons. The standard InChI is InChI=1S/C30H36ClN3O6S/c1-5-16-32-30(36)27(18-22-10-7-6-8-11-22)33(20-23-12-9-13-24(31)17-23)29(35)21-34(41(4,37)38)26-15-14-25(39-2)19-28(26)40-3/h6-15,17,19,27H,5,16,18,20-21H2,1-4H3,(H,32,36)/t27-/m1/s1. The average Bonchev–Trinajstić information content (AvgIpc) is 2.96. The number of hydrogen-bond donors (Lipinski definition) is 1. The first kappa shape index (κ1) is 31.8. The molecule has 0 aliphatic heterocycles. The zero-order valence-corrected chi connectivity index (χ0v) is 25.2. The van der Waals surface area contributed by atoms with Gasteiger partial charge in [0.05, 0.1) is 26.2 Å². The molecular formula is C30H36ClN3O6S. The summed E-state index contributed by atoms with van der Waals surface area (Å²) in [6, 6.07) is 20.1. The average molecular weight is 602 g/mol. The summed E-state index contributed by atoms with van der Waals surface area (Å²) in [7, 11) is -1.07. The molecule has 1 atom stereocenters. The quantitative estimate of drug-likeness (QED) is 0.296. The first-order valence-corrected chi connectivity index (χ1v) is 15.3. The van der Waals surface area contributed by atoms with E-state index < -0.39 is 28.5 Å². The number of carbonyl (C=O) groups is 2. The molecule has 2 amide bonds. The first-order valence-electron chi connectivity index (χ1n) is 13.1. The summed E-state index contributed by atoms with van der Waals surface area (Å²) in [5, 5.41) is 3.38. The van der Waals surface area contributed by atoms with Crippen LogP contribution in [0.5, 0.6) is 11.5 Å². The predicted molar refractivity (Wildman–Crippen MR) is 161 cm³/mol. The van der Waals surface area contributed by atoms with Gasteiger partial charge in [-0.15, -0.1) is 0 Å². The topological polar surface area (TPSA) is 105 Å². The van der Waals surface area contributed by atoms with E-state index >= 15 is 0 Å². The molecule has 3 aromatic rings. The minimum absolute atomic E-state index is 0.0355. The van der Waals surface area contributed by atoms with Crippen molar-refractivity contribution >= 4 is 39.1 Å². The van der Waals surface area contributed by atoms with Gasteiger partial charge >= 0.3 is 0 Å². The number of nitrogens with zero attached hydrogens (tertiary/aromatic N) is 2. The highest BCUT2D eigenvalue weighted by molar-refractivity contribution is 7.92. The van der Waals surface area contributed by atoms with Crippen molar-refractivity contribution in [2.45, 2.75) is 32.4 Å². The van der Waals surface area contributed by atoms with Gasteiger partial charge in [-0.05, 0) is 41.8 Å². The highest BCUT2D eigenvalue weighted by atomic mass is 35.5. The van der Waals surface area contributed by atoms with Crippen LogP contribution in [0.25, 0.3) is 0 Å². The Morgan fingerprint density at radius 2 is 1.66 bits per heavy atom. The molecule has 3 aromatic carbocycles. The molecule has 0 aliphatic rings. The van der Waals surface area contributed by atoms with Gasteiger partial charge in [0.15, 0.2) is 0 Å². The van der Waals surface area contributed by atoms with E-state index in [9.17, 15) is 18.0 Å². The van der Waals surface area contributed by atoms with E-state index in [1.54, 1.807) is 30.3 Å². The van der Waals surface area contributed by atoms with Crippen LogP contribution in [0.1, 0.15) is 24.5 Å². The number of carbonyl (C=O) groups excluding carboxylic acids is 2. The fourth-order valence-electron chi connectivity index (χ4n) is 4.34. The van der Waals surface area contributed by atoms with Gasteiger partial charge in [0.25, 0.3) is 0 Å². The number of amides is 2. The Bertz CT molecular complexity index is 1440. The zero-order valence-electron chi connectivity index (χ0n) is 23.7. The lowest BCUT2D eigenvalue weighted by atomic mass is 10.0. The third kappa shape index (κ3) is 8.86. The van der Waals surface area contributed by atoms with Crippen LogP contribution in [0.15, 0.2) is 72.8 Å². The lowest BCUT2D eigenvalue weighted by molar-refractivity contribution is -0.140. The monoisotopic (exact) mass is 601 g/mol. The number of halogens is 1. The molecule has 3 rings (SSSR count). The van der Waals surface area contributed by atoms with Gasteiger partial charge in [-0.1, -0.05) is 61.0 Å². The molecule has 0 aliphatic carbocycles. The van der Waals surface area contributed by atoms with Crippen molar-refractivity contribution in [2.75, 3.05) is 37.9 Å². The smallest absolute Gasteiger partial charge is 0.244 e. The molecule has 9 nitrogen and oxygen atoms in total. The van der Waals surface area contributed by atoms with Gasteiger partial charge in [-0.25, -0.2) is 8.42 Å². The van der Waals surface area contributed by atoms with E-state index in [1.807, 2.05) is 37.3 Å². The summed E-state index contributed by atoms with van der Waals surface area (Å²) in [6.07, 6.45) is 1.96. The van der Waals surface area contributed by atoms with E-state index in [4.69, 9.17) is 21.1 Å². The van der Waals surface area contributed by atoms with Crippen molar-refractivity contribution in [2.24, 2.45) is 0 Å². The van der Waals surface area contributed by atoms with Crippen molar-refractivity contribution in [1.29, 1.82) is 0 Å². The molecule has 0 saturated carbocycles. The van der Waals surface area contributed by atoms with Gasteiger partial charge in [-0.3, -0.25) is 13.9 Å². The molecule has 0 bridgehead atoms. The van der Waals surface area contributed by atoms with E-state index in [0.29, 0.717) is 29.3 Å².